The Morgan fingerprint density at radius 1 is 1.00 bits per heavy atom. The van der Waals surface area contributed by atoms with Crippen molar-refractivity contribution in [1.82, 2.24) is 4.98 Å². The number of H-pyrrole nitrogens is 1. The zero-order valence-electron chi connectivity index (χ0n) is 11.6. The van der Waals surface area contributed by atoms with Crippen LogP contribution in [0.2, 0.25) is 0 Å². The number of benzene rings is 1. The zero-order valence-corrected chi connectivity index (χ0v) is 11.6. The van der Waals surface area contributed by atoms with Crippen molar-refractivity contribution in [3.05, 3.63) is 42.0 Å². The van der Waals surface area contributed by atoms with Crippen molar-refractivity contribution in [2.45, 2.75) is 25.7 Å². The van der Waals surface area contributed by atoms with Crippen molar-refractivity contribution in [1.29, 1.82) is 5.26 Å². The number of aromatic nitrogens is 1. The molecule has 3 rings (SSSR count). The first-order valence-corrected chi connectivity index (χ1v) is 7.32. The fourth-order valence-electron chi connectivity index (χ4n) is 2.85. The molecule has 0 aliphatic carbocycles. The van der Waals surface area contributed by atoms with Gasteiger partial charge in [-0.25, -0.2) is 0 Å². The van der Waals surface area contributed by atoms with Gasteiger partial charge in [0, 0.05) is 18.8 Å². The number of hydrogen-bond donors (Lipinski definition) is 1. The van der Waals surface area contributed by atoms with Crippen LogP contribution in [0, 0.1) is 11.3 Å². The summed E-state index contributed by atoms with van der Waals surface area (Å²) in [7, 11) is 0. The quantitative estimate of drug-likeness (QED) is 0.894. The molecule has 1 aromatic carbocycles. The van der Waals surface area contributed by atoms with Gasteiger partial charge in [-0.15, -0.1) is 0 Å². The smallest absolute Gasteiger partial charge is 0.124 e. The largest absolute Gasteiger partial charge is 0.357 e. The molecule has 102 valence electrons. The lowest BCUT2D eigenvalue weighted by Crippen LogP contribution is -2.24. The van der Waals surface area contributed by atoms with Crippen LogP contribution in [-0.4, -0.2) is 18.1 Å². The summed E-state index contributed by atoms with van der Waals surface area (Å²) < 4.78 is 0. The van der Waals surface area contributed by atoms with E-state index in [2.05, 4.69) is 28.1 Å². The molecule has 0 amide bonds. The summed E-state index contributed by atoms with van der Waals surface area (Å²) >= 11 is 0. The van der Waals surface area contributed by atoms with Crippen molar-refractivity contribution < 1.29 is 0 Å². The summed E-state index contributed by atoms with van der Waals surface area (Å²) in [6.07, 6.45) is 5.02. The monoisotopic (exact) mass is 265 g/mol. The Bertz CT molecular complexity index is 599. The number of rotatable bonds is 2. The minimum Gasteiger partial charge on any atom is -0.357 e. The molecule has 0 unspecified atom stereocenters. The molecule has 3 heteroatoms. The maximum absolute atomic E-state index is 9.38. The molecule has 1 saturated heterocycles. The van der Waals surface area contributed by atoms with E-state index in [4.69, 9.17) is 0 Å². The third-order valence-corrected chi connectivity index (χ3v) is 3.92. The van der Waals surface area contributed by atoms with Crippen LogP contribution in [0.25, 0.3) is 11.3 Å². The summed E-state index contributed by atoms with van der Waals surface area (Å²) in [5.74, 6) is 0.994. The van der Waals surface area contributed by atoms with Crippen molar-refractivity contribution in [3.63, 3.8) is 0 Å². The molecule has 1 N–H and O–H groups in total. The molecule has 2 heterocycles. The highest BCUT2D eigenvalue weighted by Crippen LogP contribution is 2.28. The lowest BCUT2D eigenvalue weighted by molar-refractivity contribution is 0.726. The van der Waals surface area contributed by atoms with Gasteiger partial charge in [0.15, 0.2) is 0 Å². The lowest BCUT2D eigenvalue weighted by atomic mass is 10.1. The first-order valence-electron chi connectivity index (χ1n) is 7.32. The minimum absolute atomic E-state index is 0.755. The maximum atomic E-state index is 9.38. The predicted molar refractivity (Wildman–Crippen MR) is 81.6 cm³/mol. The van der Waals surface area contributed by atoms with Crippen LogP contribution in [-0.2, 0) is 0 Å². The van der Waals surface area contributed by atoms with Crippen LogP contribution in [0.3, 0.4) is 0 Å². The van der Waals surface area contributed by atoms with Crippen molar-refractivity contribution in [2.24, 2.45) is 0 Å². The van der Waals surface area contributed by atoms with Gasteiger partial charge >= 0.3 is 0 Å². The average molecular weight is 265 g/mol. The Balaban J connectivity index is 1.95. The highest BCUT2D eigenvalue weighted by atomic mass is 15.2. The number of hydrogen-bond acceptors (Lipinski definition) is 2. The second kappa shape index (κ2) is 5.83. The van der Waals surface area contributed by atoms with E-state index in [-0.39, 0.29) is 0 Å². The van der Waals surface area contributed by atoms with Gasteiger partial charge in [-0.3, -0.25) is 0 Å². The molecule has 0 bridgehead atoms. The molecule has 1 aliphatic rings. The zero-order chi connectivity index (χ0) is 13.8. The highest BCUT2D eigenvalue weighted by molar-refractivity contribution is 5.69. The van der Waals surface area contributed by atoms with Gasteiger partial charge in [0.25, 0.3) is 0 Å². The molecule has 0 atom stereocenters. The Hall–Kier alpha value is -2.21. The van der Waals surface area contributed by atoms with Crippen molar-refractivity contribution >= 4 is 5.82 Å². The van der Waals surface area contributed by atoms with E-state index in [1.165, 1.54) is 25.7 Å². The fourth-order valence-corrected chi connectivity index (χ4v) is 2.85. The predicted octanol–water partition coefficient (Wildman–Crippen LogP) is 3.93. The lowest BCUT2D eigenvalue weighted by Gasteiger charge is -2.21. The van der Waals surface area contributed by atoms with E-state index >= 15 is 0 Å². The summed E-state index contributed by atoms with van der Waals surface area (Å²) in [4.78, 5) is 5.78. The fraction of sp³-hybridized carbons (Fsp3) is 0.353. The molecule has 0 spiro atoms. The number of anilines is 1. The van der Waals surface area contributed by atoms with E-state index in [0.29, 0.717) is 0 Å². The number of aromatic amines is 1. The standard InChI is InChI=1S/C17H19N3/c18-13-15-12-16(14-8-4-3-5-9-14)19-17(15)20-10-6-1-2-7-11-20/h3-5,8-9,12,19H,1-2,6-7,10-11H2. The summed E-state index contributed by atoms with van der Waals surface area (Å²) in [6.45, 7) is 2.09. The molecular weight excluding hydrogens is 246 g/mol. The van der Waals surface area contributed by atoms with Crippen LogP contribution in [0.1, 0.15) is 31.2 Å². The highest BCUT2D eigenvalue weighted by Gasteiger charge is 2.17. The van der Waals surface area contributed by atoms with Gasteiger partial charge in [-0.2, -0.15) is 5.26 Å². The normalized spacial score (nSPS) is 15.7. The van der Waals surface area contributed by atoms with Crippen LogP contribution in [0.4, 0.5) is 5.82 Å². The Morgan fingerprint density at radius 2 is 1.70 bits per heavy atom. The van der Waals surface area contributed by atoms with Gasteiger partial charge < -0.3 is 9.88 Å². The Morgan fingerprint density at radius 3 is 2.35 bits per heavy atom. The maximum Gasteiger partial charge on any atom is 0.124 e. The molecular formula is C17H19N3. The van der Waals surface area contributed by atoms with E-state index < -0.39 is 0 Å². The molecule has 0 radical (unpaired) electrons. The number of nitriles is 1. The van der Waals surface area contributed by atoms with Gasteiger partial charge in [-0.1, -0.05) is 43.2 Å². The van der Waals surface area contributed by atoms with Gasteiger partial charge in [0.1, 0.15) is 11.9 Å². The molecule has 1 aromatic heterocycles. The van der Waals surface area contributed by atoms with Crippen LogP contribution < -0.4 is 4.90 Å². The molecule has 2 aromatic rings. The minimum atomic E-state index is 0.755. The summed E-state index contributed by atoms with van der Waals surface area (Å²) in [6, 6.07) is 14.5. The molecule has 1 aliphatic heterocycles. The molecule has 1 fully saturated rings. The van der Waals surface area contributed by atoms with E-state index in [9.17, 15) is 5.26 Å². The molecule has 0 saturated carbocycles. The number of nitrogens with one attached hydrogen (secondary N) is 1. The van der Waals surface area contributed by atoms with E-state index in [1.54, 1.807) is 0 Å². The first kappa shape index (κ1) is 12.8. The van der Waals surface area contributed by atoms with Gasteiger partial charge in [-0.05, 0) is 24.5 Å². The molecule has 3 nitrogen and oxygen atoms in total. The third-order valence-electron chi connectivity index (χ3n) is 3.92. The van der Waals surface area contributed by atoms with E-state index in [0.717, 1.165) is 35.7 Å². The Labute approximate surface area is 119 Å². The number of nitrogens with zero attached hydrogens (tertiary/aromatic N) is 2. The van der Waals surface area contributed by atoms with Gasteiger partial charge in [0.05, 0.1) is 5.56 Å². The van der Waals surface area contributed by atoms with Crippen molar-refractivity contribution in [2.75, 3.05) is 18.0 Å². The average Bonchev–Trinajstić information content (AvgIpc) is 2.75. The van der Waals surface area contributed by atoms with E-state index in [1.807, 2.05) is 24.3 Å². The first-order chi connectivity index (χ1) is 9.88. The third kappa shape index (κ3) is 2.55. The van der Waals surface area contributed by atoms with Crippen LogP contribution in [0.5, 0.6) is 0 Å². The topological polar surface area (TPSA) is 42.8 Å². The van der Waals surface area contributed by atoms with Crippen LogP contribution in [0.15, 0.2) is 36.4 Å². The molecule has 20 heavy (non-hydrogen) atoms. The SMILES string of the molecule is N#Cc1cc(-c2ccccc2)[nH]c1N1CCCCCC1. The second-order valence-corrected chi connectivity index (χ2v) is 5.32. The van der Waals surface area contributed by atoms with Crippen molar-refractivity contribution in [3.8, 4) is 17.3 Å². The summed E-state index contributed by atoms with van der Waals surface area (Å²) in [5, 5.41) is 9.38. The Kier molecular flexibility index (Phi) is 3.73. The second-order valence-electron chi connectivity index (χ2n) is 5.32. The van der Waals surface area contributed by atoms with Crippen LogP contribution >= 0.6 is 0 Å². The summed E-state index contributed by atoms with van der Waals surface area (Å²) in [5.41, 5.74) is 2.91. The van der Waals surface area contributed by atoms with Gasteiger partial charge in [0.2, 0.25) is 0 Å².